The predicted octanol–water partition coefficient (Wildman–Crippen LogP) is -6.75. The fraction of sp³-hybridized carbons (Fsp3) is 0.615. The number of halogens is 1. The number of alkyl halides is 1. The molecule has 5 aromatic rings. The van der Waals surface area contributed by atoms with Crippen molar-refractivity contribution in [3.05, 3.63) is 166 Å². The third-order valence-electron chi connectivity index (χ3n) is 14.3. The molecule has 0 aromatic carbocycles. The SMILES string of the molecule is CCCSSC1[C@@H](O)[C@@H](CO)O[C@H]1n1ccc(=O)[nH]c1=O.CCC[Se]C1[C@@H](O)[C@@H](CO)O[C@H]1n1ccc(=O)[nH]c1=O.C[Se]C1[C@@H](O)[C@@H](CO)O[C@H]1n1ccc(=O)[nH]c1=O.O=c1ccn([C@@H]2O[C@H](CO)[C@H](O)C2Cl)c(=O)[nH]1.O=c1ccn([C@@H]2O[C@H](CO)[C@H](O)C2[SeH])c(=O)[nH]1. The summed E-state index contributed by atoms with van der Waals surface area (Å²) in [5.41, 5.74) is -5.49. The zero-order valence-electron chi connectivity index (χ0n) is 49.5. The molecule has 5 saturated heterocycles. The molecule has 0 bridgehead atoms. The number of hydrogen-bond acceptors (Lipinski definition) is 27. The van der Waals surface area contributed by atoms with E-state index in [2.05, 4.69) is 54.8 Å². The summed E-state index contributed by atoms with van der Waals surface area (Å²) in [6.07, 6.45) is -3.21. The zero-order chi connectivity index (χ0) is 68.5. The van der Waals surface area contributed by atoms with E-state index >= 15 is 0 Å². The summed E-state index contributed by atoms with van der Waals surface area (Å²) in [5, 5.41) is 95.0. The van der Waals surface area contributed by atoms with Crippen LogP contribution in [0.25, 0.3) is 0 Å². The van der Waals surface area contributed by atoms with Gasteiger partial charge in [0.2, 0.25) is 0 Å². The van der Waals surface area contributed by atoms with Gasteiger partial charge in [0.25, 0.3) is 11.1 Å². The Morgan fingerprint density at radius 3 is 1.15 bits per heavy atom. The molecule has 5 unspecified atom stereocenters. The maximum atomic E-state index is 11.9. The van der Waals surface area contributed by atoms with Crippen molar-refractivity contribution < 1.29 is 74.7 Å². The van der Waals surface area contributed by atoms with E-state index in [0.717, 1.165) is 34.5 Å². The fourth-order valence-corrected chi connectivity index (χ4v) is 18.1. The number of H-pyrrole nitrogens is 5. The van der Waals surface area contributed by atoms with Crippen LogP contribution in [0.4, 0.5) is 0 Å². The molecule has 5 aliphatic rings. The van der Waals surface area contributed by atoms with Crippen molar-refractivity contribution >= 4 is 79.1 Å². The first-order chi connectivity index (χ1) is 44.3. The van der Waals surface area contributed by atoms with Crippen LogP contribution in [-0.2, 0) is 23.7 Å². The molecule has 15 N–H and O–H groups in total. The van der Waals surface area contributed by atoms with Gasteiger partial charge >= 0.3 is 344 Å². The number of rotatable bonds is 18. The summed E-state index contributed by atoms with van der Waals surface area (Å²) < 4.78 is 33.3. The molecule has 5 aromatic heterocycles. The van der Waals surface area contributed by atoms with Crippen molar-refractivity contribution in [2.24, 2.45) is 0 Å². The van der Waals surface area contributed by atoms with Crippen LogP contribution < -0.4 is 56.2 Å². The van der Waals surface area contributed by atoms with Gasteiger partial charge in [-0.15, -0.1) is 11.6 Å². The van der Waals surface area contributed by atoms with Gasteiger partial charge in [-0.1, -0.05) is 28.5 Å². The minimum absolute atomic E-state index is 0.0313. The number of aliphatic hydroxyl groups excluding tert-OH is 10. The Morgan fingerprint density at radius 2 is 0.785 bits per heavy atom. The topological polar surface area (TPSA) is 523 Å². The normalized spacial score (nSPS) is 31.1. The van der Waals surface area contributed by atoms with Crippen molar-refractivity contribution in [3.63, 3.8) is 0 Å². The first kappa shape index (κ1) is 77.4. The summed E-state index contributed by atoms with van der Waals surface area (Å²) in [6.45, 7) is 2.44. The minimum atomic E-state index is -1.08. The number of nitrogens with zero attached hydrogens (tertiary/aromatic N) is 5. The van der Waals surface area contributed by atoms with Crippen LogP contribution in [0.2, 0.25) is 25.6 Å². The average Bonchev–Trinajstić information content (AvgIpc) is 1.74. The second-order valence-electron chi connectivity index (χ2n) is 20.6. The Labute approximate surface area is 557 Å². The van der Waals surface area contributed by atoms with Crippen LogP contribution in [-0.4, -0.2) is 255 Å². The molecule has 0 aliphatic carbocycles. The number of aromatic amines is 5. The summed E-state index contributed by atoms with van der Waals surface area (Å²) >= 11 is 8.23. The van der Waals surface area contributed by atoms with Crippen molar-refractivity contribution in [2.75, 3.05) is 38.8 Å². The van der Waals surface area contributed by atoms with Crippen LogP contribution in [0.1, 0.15) is 57.8 Å². The average molecular weight is 1570 g/mol. The van der Waals surface area contributed by atoms with E-state index in [4.69, 9.17) is 50.6 Å². The summed E-state index contributed by atoms with van der Waals surface area (Å²) in [7, 11) is 3.01. The van der Waals surface area contributed by atoms with Crippen LogP contribution in [0.15, 0.2) is 109 Å². The molecule has 0 saturated carbocycles. The van der Waals surface area contributed by atoms with Crippen molar-refractivity contribution in [1.82, 2.24) is 47.8 Å². The maximum absolute atomic E-state index is 11.9. The molecule has 10 rings (SSSR count). The van der Waals surface area contributed by atoms with Gasteiger partial charge in [0.05, 0.1) is 24.6 Å². The molecule has 35 nitrogen and oxygen atoms in total. The van der Waals surface area contributed by atoms with Gasteiger partial charge in [-0.25, -0.2) is 9.59 Å². The summed E-state index contributed by atoms with van der Waals surface area (Å²) in [6, 6.07) is 6.04. The second kappa shape index (κ2) is 36.6. The van der Waals surface area contributed by atoms with Crippen LogP contribution >= 0.6 is 33.2 Å². The van der Waals surface area contributed by atoms with Gasteiger partial charge in [-0.3, -0.25) is 28.7 Å². The molecule has 93 heavy (non-hydrogen) atoms. The molecule has 518 valence electrons. The number of ether oxygens (including phenoxy) is 5. The Kier molecular flexibility index (Phi) is 30.5. The third-order valence-corrected chi connectivity index (χ3v) is 24.5. The zero-order valence-corrected chi connectivity index (χ0v) is 57.2. The molecule has 0 radical (unpaired) electrons. The Morgan fingerprint density at radius 1 is 0.462 bits per heavy atom. The second-order valence-corrected chi connectivity index (χ2v) is 29.9. The standard InChI is InChI=1S/C12H18N2O5S2.C12H18N2O5Se.C10H14N2O5Se.C9H11ClN2O5.C9H12N2O5Se/c1-2-5-20-21-10-9(17)7(6-15)19-11(10)14-4-3-8(16)13-12(14)18;1-2-5-20-10-9(17)7(6-15)19-11(10)14-4-3-8(16)13-12(14)18;1-18-8-7(15)5(4-13)17-9(8)12-3-2-6(14)11-10(12)16;10-6-7(15)4(3-13)17-8(6)12-2-1-5(14)11-9(12)16;12-3-4-6(14)7(17)8(16-4)11-2-1-5(13)10-9(11)15/h3-4,7,9-11,15,17H,2,5-6H2,1H3,(H,13,16,18);3-4,7,9-11,15,17H,2,5-6H2,1H3,(H,13,16,18);2-3,5,7-9,13,15H,4H2,1H3,(H,11,14,16);1-2,4,6-8,13,15H,3H2,(H,11,14,16);1-2,4,6-8,12,14,17H,3H2,(H,10,13,15)/t2*7-,9+,10?,11-;5-,7+,8?,9-;4-,6?,7+,8-;4-,6+,7?,8-/m11111/s1. The molecule has 5 aliphatic heterocycles. The number of nitrogens with one attached hydrogen (secondary N) is 5. The third kappa shape index (κ3) is 19.3. The number of aliphatic hydroxyl groups is 10. The fourth-order valence-electron chi connectivity index (χ4n) is 9.61. The van der Waals surface area contributed by atoms with E-state index in [0.29, 0.717) is 0 Å². The van der Waals surface area contributed by atoms with E-state index in [-0.39, 0.29) is 66.0 Å². The van der Waals surface area contributed by atoms with Crippen LogP contribution in [0.3, 0.4) is 0 Å². The first-order valence-electron chi connectivity index (χ1n) is 28.4. The molecular weight excluding hydrogens is 1500 g/mol. The number of aromatic nitrogens is 10. The Balaban J connectivity index is 0.000000185. The molecule has 5 fully saturated rings. The quantitative estimate of drug-likeness (QED) is 0.0168. The first-order valence-corrected chi connectivity index (χ1v) is 37.2. The molecule has 41 heteroatoms. The molecule has 0 spiro atoms. The molecule has 20 atom stereocenters. The van der Waals surface area contributed by atoms with Gasteiger partial charge in [0.15, 0.2) is 12.5 Å². The van der Waals surface area contributed by atoms with Crippen molar-refractivity contribution in [1.29, 1.82) is 0 Å². The van der Waals surface area contributed by atoms with Gasteiger partial charge in [-0.05, 0) is 6.42 Å². The Hall–Kier alpha value is -4.65. The van der Waals surface area contributed by atoms with Crippen LogP contribution in [0.5, 0.6) is 0 Å². The van der Waals surface area contributed by atoms with Gasteiger partial charge < -0.3 is 29.9 Å². The van der Waals surface area contributed by atoms with Gasteiger partial charge in [0.1, 0.15) is 23.7 Å². The van der Waals surface area contributed by atoms with Crippen molar-refractivity contribution in [3.8, 4) is 0 Å². The Bertz CT molecular complexity index is 3720. The van der Waals surface area contributed by atoms with E-state index in [9.17, 15) is 83.7 Å². The van der Waals surface area contributed by atoms with E-state index in [1.807, 2.05) is 5.82 Å². The predicted molar refractivity (Wildman–Crippen MR) is 336 cm³/mol. The van der Waals surface area contributed by atoms with Gasteiger partial charge in [0, 0.05) is 30.3 Å². The molecular formula is C52H73ClN10O25S2Se3. The molecule has 0 amide bonds. The van der Waals surface area contributed by atoms with Crippen molar-refractivity contribution in [2.45, 2.75) is 155 Å². The van der Waals surface area contributed by atoms with E-state index in [1.165, 1.54) is 84.3 Å². The van der Waals surface area contributed by atoms with Crippen LogP contribution in [0, 0.1) is 0 Å². The molecule has 10 heterocycles. The number of hydrogen-bond donors (Lipinski definition) is 15. The monoisotopic (exact) mass is 1580 g/mol. The van der Waals surface area contributed by atoms with E-state index < -0.39 is 170 Å². The van der Waals surface area contributed by atoms with Gasteiger partial charge in [-0.2, -0.15) is 0 Å². The summed E-state index contributed by atoms with van der Waals surface area (Å²) in [4.78, 5) is 123. The summed E-state index contributed by atoms with van der Waals surface area (Å²) in [5.74, 6) is 2.83. The van der Waals surface area contributed by atoms with E-state index in [1.54, 1.807) is 10.8 Å².